The van der Waals surface area contributed by atoms with Crippen LogP contribution in [0.25, 0.3) is 0 Å². The molecule has 3 rings (SSSR count). The zero-order chi connectivity index (χ0) is 23.9. The van der Waals surface area contributed by atoms with Crippen molar-refractivity contribution in [2.45, 2.75) is 30.5 Å². The minimum Gasteiger partial charge on any atom is -0.355 e. The van der Waals surface area contributed by atoms with Crippen LogP contribution in [0.2, 0.25) is 0 Å². The van der Waals surface area contributed by atoms with Crippen LogP contribution in [0.3, 0.4) is 0 Å². The Morgan fingerprint density at radius 2 is 1.97 bits per heavy atom. The Bertz CT molecular complexity index is 1140. The standard InChI is InChI=1S/C18H18F5N5O3S/c1-10-9-28(7-5-17(10,19)20)15-12(2-3-13(27-15)18(21,22)23)16(29)26-11-4-6-25-14(8-11)32(24,30)31/h2-4,6,8,10H,5,7,9H2,1H3,(H2,24,30,31)(H,25,26,29). The minimum absolute atomic E-state index is 0.0431. The quantitative estimate of drug-likeness (QED) is 0.651. The molecule has 3 N–H and O–H groups in total. The number of carbonyl (C=O) groups excluding carboxylic acids is 1. The van der Waals surface area contributed by atoms with Crippen molar-refractivity contribution in [3.8, 4) is 0 Å². The van der Waals surface area contributed by atoms with Crippen molar-refractivity contribution in [3.05, 3.63) is 41.7 Å². The number of sulfonamides is 1. The number of anilines is 2. The molecule has 1 unspecified atom stereocenters. The van der Waals surface area contributed by atoms with Crippen molar-refractivity contribution >= 4 is 27.4 Å². The number of hydrogen-bond acceptors (Lipinski definition) is 6. The summed E-state index contributed by atoms with van der Waals surface area (Å²) in [7, 11) is -4.17. The highest BCUT2D eigenvalue weighted by Gasteiger charge is 2.43. The normalized spacial score (nSPS) is 19.0. The Hall–Kier alpha value is -2.87. The van der Waals surface area contributed by atoms with Gasteiger partial charge < -0.3 is 10.2 Å². The number of pyridine rings is 2. The van der Waals surface area contributed by atoms with E-state index in [0.29, 0.717) is 6.07 Å². The first-order valence-electron chi connectivity index (χ1n) is 9.20. The predicted octanol–water partition coefficient (Wildman–Crippen LogP) is 2.88. The number of primary sulfonamides is 1. The first-order chi connectivity index (χ1) is 14.7. The Balaban J connectivity index is 1.98. The predicted molar refractivity (Wildman–Crippen MR) is 104 cm³/mol. The summed E-state index contributed by atoms with van der Waals surface area (Å²) in [6, 6.07) is 3.70. The SMILES string of the molecule is CC1CN(c2nc(C(F)(F)F)ccc2C(=O)Nc2ccnc(S(N)(=O)=O)c2)CCC1(F)F. The summed E-state index contributed by atoms with van der Waals surface area (Å²) in [5.41, 5.74) is -1.63. The van der Waals surface area contributed by atoms with Crippen LogP contribution in [0.1, 0.15) is 29.4 Å². The fourth-order valence-electron chi connectivity index (χ4n) is 3.14. The fourth-order valence-corrected chi connectivity index (χ4v) is 3.64. The van der Waals surface area contributed by atoms with E-state index in [1.807, 2.05) is 0 Å². The van der Waals surface area contributed by atoms with Gasteiger partial charge in [-0.25, -0.2) is 32.3 Å². The van der Waals surface area contributed by atoms with E-state index in [2.05, 4.69) is 15.3 Å². The number of amides is 1. The number of nitrogens with zero attached hydrogens (tertiary/aromatic N) is 3. The van der Waals surface area contributed by atoms with Gasteiger partial charge in [-0.05, 0) is 18.2 Å². The molecule has 1 fully saturated rings. The zero-order valence-corrected chi connectivity index (χ0v) is 17.3. The summed E-state index contributed by atoms with van der Waals surface area (Å²) in [5.74, 6) is -5.50. The molecule has 174 valence electrons. The number of nitrogens with one attached hydrogen (secondary N) is 1. The van der Waals surface area contributed by atoms with Crippen LogP contribution in [-0.4, -0.2) is 43.3 Å². The molecular weight excluding hydrogens is 461 g/mol. The van der Waals surface area contributed by atoms with Crippen molar-refractivity contribution in [1.29, 1.82) is 0 Å². The summed E-state index contributed by atoms with van der Waals surface area (Å²) >= 11 is 0. The maximum atomic E-state index is 13.9. The highest BCUT2D eigenvalue weighted by Crippen LogP contribution is 2.37. The Morgan fingerprint density at radius 1 is 1.28 bits per heavy atom. The van der Waals surface area contributed by atoms with Crippen LogP contribution in [-0.2, 0) is 16.2 Å². The molecule has 1 saturated heterocycles. The molecule has 32 heavy (non-hydrogen) atoms. The van der Waals surface area contributed by atoms with Crippen LogP contribution in [0.4, 0.5) is 33.5 Å². The zero-order valence-electron chi connectivity index (χ0n) is 16.5. The average Bonchev–Trinajstić information content (AvgIpc) is 2.68. The van der Waals surface area contributed by atoms with Crippen molar-refractivity contribution in [2.75, 3.05) is 23.3 Å². The van der Waals surface area contributed by atoms with Gasteiger partial charge in [0.25, 0.3) is 21.9 Å². The molecule has 0 aliphatic carbocycles. The van der Waals surface area contributed by atoms with Crippen molar-refractivity contribution in [1.82, 2.24) is 9.97 Å². The van der Waals surface area contributed by atoms with Gasteiger partial charge in [0.15, 0.2) is 5.03 Å². The molecule has 1 amide bonds. The molecule has 0 bridgehead atoms. The topological polar surface area (TPSA) is 118 Å². The van der Waals surface area contributed by atoms with Gasteiger partial charge >= 0.3 is 6.18 Å². The summed E-state index contributed by atoms with van der Waals surface area (Å²) in [5, 5.41) is 6.80. The summed E-state index contributed by atoms with van der Waals surface area (Å²) in [6.07, 6.45) is -4.37. The molecule has 0 saturated carbocycles. The van der Waals surface area contributed by atoms with Crippen LogP contribution in [0.15, 0.2) is 35.5 Å². The van der Waals surface area contributed by atoms with Crippen molar-refractivity contribution < 1.29 is 35.2 Å². The smallest absolute Gasteiger partial charge is 0.355 e. The Kier molecular flexibility index (Phi) is 6.12. The Labute approximate surface area is 179 Å². The lowest BCUT2D eigenvalue weighted by molar-refractivity contribution is -0.141. The van der Waals surface area contributed by atoms with Gasteiger partial charge in [0, 0.05) is 43.4 Å². The van der Waals surface area contributed by atoms with Crippen LogP contribution >= 0.6 is 0 Å². The van der Waals surface area contributed by atoms with E-state index < -0.39 is 56.9 Å². The number of halogens is 5. The molecule has 2 aromatic heterocycles. The molecule has 1 aliphatic rings. The van der Waals surface area contributed by atoms with Gasteiger partial charge in [-0.2, -0.15) is 13.2 Å². The fraction of sp³-hybridized carbons (Fsp3) is 0.389. The number of carbonyl (C=O) groups is 1. The van der Waals surface area contributed by atoms with Gasteiger partial charge in [-0.3, -0.25) is 4.79 Å². The molecule has 1 atom stereocenters. The summed E-state index contributed by atoms with van der Waals surface area (Å²) in [4.78, 5) is 21.1. The first-order valence-corrected chi connectivity index (χ1v) is 10.7. The molecule has 3 heterocycles. The molecule has 0 aromatic carbocycles. The molecule has 8 nitrogen and oxygen atoms in total. The van der Waals surface area contributed by atoms with E-state index in [4.69, 9.17) is 5.14 Å². The Morgan fingerprint density at radius 3 is 2.56 bits per heavy atom. The second-order valence-electron chi connectivity index (χ2n) is 7.31. The van der Waals surface area contributed by atoms with Crippen LogP contribution in [0.5, 0.6) is 0 Å². The number of aromatic nitrogens is 2. The maximum absolute atomic E-state index is 13.9. The highest BCUT2D eigenvalue weighted by molar-refractivity contribution is 7.89. The minimum atomic E-state index is -4.81. The summed E-state index contributed by atoms with van der Waals surface area (Å²) < 4.78 is 90.2. The number of alkyl halides is 5. The van der Waals surface area contributed by atoms with Gasteiger partial charge in [0.1, 0.15) is 11.5 Å². The van der Waals surface area contributed by atoms with E-state index in [1.54, 1.807) is 0 Å². The maximum Gasteiger partial charge on any atom is 0.433 e. The summed E-state index contributed by atoms with van der Waals surface area (Å²) in [6.45, 7) is 0.633. The van der Waals surface area contributed by atoms with Gasteiger partial charge in [-0.15, -0.1) is 0 Å². The van der Waals surface area contributed by atoms with Crippen LogP contribution < -0.4 is 15.4 Å². The monoisotopic (exact) mass is 479 g/mol. The molecular formula is C18H18F5N5O3S. The number of piperidine rings is 1. The number of hydrogen-bond donors (Lipinski definition) is 2. The van der Waals surface area contributed by atoms with Crippen LogP contribution in [0, 0.1) is 5.92 Å². The van der Waals surface area contributed by atoms with E-state index in [0.717, 1.165) is 18.3 Å². The highest BCUT2D eigenvalue weighted by atomic mass is 32.2. The lowest BCUT2D eigenvalue weighted by Crippen LogP contribution is -2.46. The second-order valence-corrected chi connectivity index (χ2v) is 8.81. The molecule has 0 radical (unpaired) electrons. The van der Waals surface area contributed by atoms with E-state index >= 15 is 0 Å². The lowest BCUT2D eigenvalue weighted by atomic mass is 9.95. The van der Waals surface area contributed by atoms with Crippen molar-refractivity contribution in [3.63, 3.8) is 0 Å². The van der Waals surface area contributed by atoms with E-state index in [1.165, 1.54) is 17.9 Å². The van der Waals surface area contributed by atoms with Crippen molar-refractivity contribution in [2.24, 2.45) is 11.1 Å². The molecule has 0 spiro atoms. The molecule has 14 heteroatoms. The number of rotatable bonds is 4. The average molecular weight is 479 g/mol. The molecule has 1 aliphatic heterocycles. The van der Waals surface area contributed by atoms with Gasteiger partial charge in [-0.1, -0.05) is 6.92 Å². The van der Waals surface area contributed by atoms with Gasteiger partial charge in [0.05, 0.1) is 5.56 Å². The first kappa shape index (κ1) is 23.8. The molecule has 2 aromatic rings. The largest absolute Gasteiger partial charge is 0.433 e. The third-order valence-electron chi connectivity index (χ3n) is 4.92. The third kappa shape index (κ3) is 5.12. The second kappa shape index (κ2) is 8.24. The van der Waals surface area contributed by atoms with E-state index in [-0.39, 0.29) is 24.3 Å². The van der Waals surface area contributed by atoms with Gasteiger partial charge in [0.2, 0.25) is 0 Å². The third-order valence-corrected chi connectivity index (χ3v) is 5.73. The number of nitrogens with two attached hydrogens (primary N) is 1. The lowest BCUT2D eigenvalue weighted by Gasteiger charge is -2.38. The van der Waals surface area contributed by atoms with E-state index in [9.17, 15) is 35.2 Å².